The van der Waals surface area contributed by atoms with Gasteiger partial charge in [-0.1, -0.05) is 19.4 Å². The maximum atomic E-state index is 12.1. The maximum absolute atomic E-state index is 12.1. The van der Waals surface area contributed by atoms with Gasteiger partial charge < -0.3 is 16.4 Å². The fourth-order valence-electron chi connectivity index (χ4n) is 2.41. The van der Waals surface area contributed by atoms with Crippen LogP contribution in [0.15, 0.2) is 17.6 Å². The zero-order valence-electron chi connectivity index (χ0n) is 12.6. The lowest BCUT2D eigenvalue weighted by Gasteiger charge is -2.38. The lowest BCUT2D eigenvalue weighted by molar-refractivity contribution is 0.0963. The Morgan fingerprint density at radius 1 is 1.57 bits per heavy atom. The number of carbonyl (C=O) groups is 1. The van der Waals surface area contributed by atoms with Crippen molar-refractivity contribution in [3.8, 4) is 0 Å². The zero-order valence-corrected chi connectivity index (χ0v) is 14.3. The first-order valence-corrected chi connectivity index (χ1v) is 9.14. The average molecular weight is 326 g/mol. The molecule has 1 fully saturated rings. The predicted molar refractivity (Wildman–Crippen MR) is 93.5 cm³/mol. The van der Waals surface area contributed by atoms with Gasteiger partial charge >= 0.3 is 0 Å². The van der Waals surface area contributed by atoms with Crippen molar-refractivity contribution < 1.29 is 4.79 Å². The van der Waals surface area contributed by atoms with Crippen LogP contribution >= 0.6 is 23.1 Å². The molecule has 0 spiro atoms. The number of anilines is 2. The molecule has 1 aromatic heterocycles. The zero-order chi connectivity index (χ0) is 15.5. The normalized spacial score (nSPS) is 16.1. The molecule has 0 saturated heterocycles. The molecule has 1 heterocycles. The summed E-state index contributed by atoms with van der Waals surface area (Å²) < 4.78 is 0. The molecule has 0 atom stereocenters. The molecule has 0 radical (unpaired) electrons. The van der Waals surface area contributed by atoms with E-state index in [1.807, 2.05) is 6.26 Å². The van der Waals surface area contributed by atoms with Crippen molar-refractivity contribution in [3.63, 3.8) is 0 Å². The summed E-state index contributed by atoms with van der Waals surface area (Å²) in [4.78, 5) is 13.7. The number of hydrogen-bond donors (Lipinski definition) is 3. The van der Waals surface area contributed by atoms with Gasteiger partial charge in [-0.2, -0.15) is 0 Å². The number of thioether (sulfide) groups is 1. The first-order chi connectivity index (χ1) is 10.0. The maximum Gasteiger partial charge on any atom is 0.263 e. The van der Waals surface area contributed by atoms with Crippen LogP contribution in [0.25, 0.3) is 0 Å². The Kier molecular flexibility index (Phi) is 5.22. The van der Waals surface area contributed by atoms with E-state index in [9.17, 15) is 4.79 Å². The van der Waals surface area contributed by atoms with Gasteiger partial charge in [0.15, 0.2) is 0 Å². The van der Waals surface area contributed by atoms with Crippen molar-refractivity contribution in [1.29, 1.82) is 0 Å². The molecule has 1 aromatic rings. The molecule has 0 unspecified atom stereocenters. The molecule has 6 heteroatoms. The van der Waals surface area contributed by atoms with Crippen LogP contribution in [-0.2, 0) is 0 Å². The van der Waals surface area contributed by atoms with Crippen molar-refractivity contribution in [2.45, 2.75) is 31.1 Å². The average Bonchev–Trinajstić information content (AvgIpc) is 2.76. The highest BCUT2D eigenvalue weighted by Gasteiger charge is 2.32. The van der Waals surface area contributed by atoms with Crippen molar-refractivity contribution in [2.75, 3.05) is 30.4 Å². The molecule has 4 N–H and O–H groups in total. The van der Waals surface area contributed by atoms with E-state index in [1.165, 1.54) is 30.6 Å². The molecule has 1 aliphatic rings. The molecule has 4 nitrogen and oxygen atoms in total. The Morgan fingerprint density at radius 2 is 2.29 bits per heavy atom. The summed E-state index contributed by atoms with van der Waals surface area (Å²) in [6.45, 7) is 7.29. The number of hydrogen-bond acceptors (Lipinski definition) is 5. The van der Waals surface area contributed by atoms with E-state index in [4.69, 9.17) is 5.73 Å². The third kappa shape index (κ3) is 3.55. The summed E-state index contributed by atoms with van der Waals surface area (Å²) in [5.74, 6) is -0.129. The minimum Gasteiger partial charge on any atom is -0.396 e. The van der Waals surface area contributed by atoms with E-state index in [2.05, 4.69) is 24.1 Å². The first-order valence-electron chi connectivity index (χ1n) is 7.10. The predicted octanol–water partition coefficient (Wildman–Crippen LogP) is 3.57. The summed E-state index contributed by atoms with van der Waals surface area (Å²) in [6, 6.07) is 0. The highest BCUT2D eigenvalue weighted by molar-refractivity contribution is 7.99. The largest absolute Gasteiger partial charge is 0.396 e. The SMILES string of the molecule is C=CCNC(=O)c1sc(NCC2(C)CCC2)c(SC)c1N. The van der Waals surface area contributed by atoms with Crippen molar-refractivity contribution in [1.82, 2.24) is 5.32 Å². The summed E-state index contributed by atoms with van der Waals surface area (Å²) in [6.07, 6.45) is 7.49. The van der Waals surface area contributed by atoms with Gasteiger partial charge in [-0.05, 0) is 24.5 Å². The highest BCUT2D eigenvalue weighted by Crippen LogP contribution is 2.44. The van der Waals surface area contributed by atoms with Gasteiger partial charge in [0.05, 0.1) is 10.6 Å². The number of thiophene rings is 1. The third-order valence-electron chi connectivity index (χ3n) is 3.95. The van der Waals surface area contributed by atoms with Crippen LogP contribution in [0, 0.1) is 5.41 Å². The van der Waals surface area contributed by atoms with E-state index in [0.717, 1.165) is 16.4 Å². The summed E-state index contributed by atoms with van der Waals surface area (Å²) >= 11 is 3.02. The van der Waals surface area contributed by atoms with Crippen LogP contribution in [0.1, 0.15) is 35.9 Å². The Morgan fingerprint density at radius 3 is 2.81 bits per heavy atom. The Labute approximate surface area is 134 Å². The second-order valence-electron chi connectivity index (χ2n) is 5.72. The van der Waals surface area contributed by atoms with Crippen LogP contribution < -0.4 is 16.4 Å². The van der Waals surface area contributed by atoms with Crippen LogP contribution in [0.5, 0.6) is 0 Å². The molecule has 116 valence electrons. The number of nitrogens with one attached hydrogen (secondary N) is 2. The molecule has 0 aliphatic heterocycles. The second kappa shape index (κ2) is 6.75. The van der Waals surface area contributed by atoms with E-state index in [0.29, 0.717) is 22.5 Å². The Bertz CT molecular complexity index is 535. The number of nitrogens with two attached hydrogens (primary N) is 1. The number of carbonyl (C=O) groups excluding carboxylic acids is 1. The number of rotatable bonds is 7. The molecule has 1 aliphatic carbocycles. The standard InChI is InChI=1S/C15H23N3OS2/c1-4-8-17-13(19)11-10(16)12(20-3)14(21-11)18-9-15(2)6-5-7-15/h4,18H,1,5-9,16H2,2-3H3,(H,17,19). The third-order valence-corrected chi connectivity index (χ3v) is 6.08. The molecule has 2 rings (SSSR count). The minimum absolute atomic E-state index is 0.129. The smallest absolute Gasteiger partial charge is 0.263 e. The highest BCUT2D eigenvalue weighted by atomic mass is 32.2. The Hall–Kier alpha value is -1.14. The van der Waals surface area contributed by atoms with E-state index >= 15 is 0 Å². The summed E-state index contributed by atoms with van der Waals surface area (Å²) in [7, 11) is 0. The molecular formula is C15H23N3OS2. The van der Waals surface area contributed by atoms with Crippen molar-refractivity contribution >= 4 is 39.7 Å². The molecule has 1 amide bonds. The van der Waals surface area contributed by atoms with Gasteiger partial charge in [0.1, 0.15) is 9.88 Å². The lowest BCUT2D eigenvalue weighted by atomic mass is 9.70. The molecule has 0 aromatic carbocycles. The Balaban J connectivity index is 2.13. The molecule has 1 saturated carbocycles. The van der Waals surface area contributed by atoms with E-state index in [1.54, 1.807) is 17.8 Å². The van der Waals surface area contributed by atoms with Crippen molar-refractivity contribution in [3.05, 3.63) is 17.5 Å². The number of nitrogen functional groups attached to an aromatic ring is 1. The van der Waals surface area contributed by atoms with Crippen LogP contribution in [0.3, 0.4) is 0 Å². The number of amides is 1. The second-order valence-corrected chi connectivity index (χ2v) is 7.56. The van der Waals surface area contributed by atoms with Gasteiger partial charge in [-0.25, -0.2) is 0 Å². The van der Waals surface area contributed by atoms with Gasteiger partial charge in [0.25, 0.3) is 5.91 Å². The van der Waals surface area contributed by atoms with Crippen LogP contribution in [0.2, 0.25) is 0 Å². The monoisotopic (exact) mass is 325 g/mol. The van der Waals surface area contributed by atoms with E-state index in [-0.39, 0.29) is 5.91 Å². The van der Waals surface area contributed by atoms with Crippen LogP contribution in [-0.4, -0.2) is 25.3 Å². The molecule has 0 bridgehead atoms. The quantitative estimate of drug-likeness (QED) is 0.529. The lowest BCUT2D eigenvalue weighted by Crippen LogP contribution is -2.33. The van der Waals surface area contributed by atoms with Gasteiger partial charge in [-0.3, -0.25) is 4.79 Å². The molecular weight excluding hydrogens is 302 g/mol. The summed E-state index contributed by atoms with van der Waals surface area (Å²) in [5, 5.41) is 7.29. The fourth-order valence-corrected chi connectivity index (χ4v) is 4.36. The topological polar surface area (TPSA) is 67.2 Å². The van der Waals surface area contributed by atoms with Crippen molar-refractivity contribution in [2.24, 2.45) is 5.41 Å². The summed E-state index contributed by atoms with van der Waals surface area (Å²) in [5.41, 5.74) is 7.10. The molecule has 21 heavy (non-hydrogen) atoms. The van der Waals surface area contributed by atoms with Crippen LogP contribution in [0.4, 0.5) is 10.7 Å². The van der Waals surface area contributed by atoms with E-state index < -0.39 is 0 Å². The minimum atomic E-state index is -0.129. The van der Waals surface area contributed by atoms with Gasteiger partial charge in [0.2, 0.25) is 0 Å². The van der Waals surface area contributed by atoms with Gasteiger partial charge in [0, 0.05) is 13.1 Å². The first kappa shape index (κ1) is 16.2. The fraction of sp³-hybridized carbons (Fsp3) is 0.533. The van der Waals surface area contributed by atoms with Gasteiger partial charge in [-0.15, -0.1) is 29.7 Å².